The van der Waals surface area contributed by atoms with Crippen molar-refractivity contribution in [3.63, 3.8) is 0 Å². The quantitative estimate of drug-likeness (QED) is 0.502. The third-order valence-corrected chi connectivity index (χ3v) is 0.986. The van der Waals surface area contributed by atoms with Gasteiger partial charge in [0.25, 0.3) is 0 Å². The minimum absolute atomic E-state index is 0.0745. The van der Waals surface area contributed by atoms with E-state index in [4.69, 9.17) is 6.11 Å². The second kappa shape index (κ2) is 6.96. The molecule has 0 saturated heterocycles. The fourth-order valence-corrected chi connectivity index (χ4v) is 0.534. The first-order valence-corrected chi connectivity index (χ1v) is 3.27. The molecule has 0 aromatic carbocycles. The lowest BCUT2D eigenvalue weighted by Gasteiger charge is -1.96. The van der Waals surface area contributed by atoms with Gasteiger partial charge in [-0.1, -0.05) is 19.7 Å². The molecule has 0 aromatic rings. The number of hydrogen-bond donors (Lipinski definition) is 0. The molecule has 0 saturated carbocycles. The van der Waals surface area contributed by atoms with Crippen LogP contribution in [0.3, 0.4) is 0 Å². The number of rotatable bonds is 5. The molecule has 1 atom stereocenters. The molecule has 0 N–H and O–H groups in total. The summed E-state index contributed by atoms with van der Waals surface area (Å²) in [6, 6.07) is 0. The molecule has 0 bridgehead atoms. The molecule has 0 radical (unpaired) electrons. The molecule has 0 aromatic heterocycles. The lowest BCUT2D eigenvalue weighted by atomic mass is 10.3. The van der Waals surface area contributed by atoms with Crippen molar-refractivity contribution in [2.75, 3.05) is 13.2 Å². The average Bonchev–Trinajstić information content (AvgIpc) is 1.80. The van der Waals surface area contributed by atoms with Crippen LogP contribution in [-0.4, -0.2) is 13.2 Å². The molecule has 1 unspecified atom stereocenters. The van der Waals surface area contributed by atoms with Gasteiger partial charge in [0.15, 0.2) is 0 Å². The van der Waals surface area contributed by atoms with Crippen LogP contribution in [0.4, 0.5) is 0 Å². The van der Waals surface area contributed by atoms with E-state index in [2.05, 4.69) is 0 Å². The van der Waals surface area contributed by atoms with Gasteiger partial charge >= 0.3 is 0 Å². The van der Waals surface area contributed by atoms with Crippen LogP contribution in [0.5, 0.6) is 0 Å². The molecule has 0 aliphatic heterocycles. The third-order valence-electron chi connectivity index (χ3n) is 0.986. The Morgan fingerprint density at radius 2 is 2.12 bits per heavy atom. The van der Waals surface area contributed by atoms with Crippen LogP contribution in [0.15, 0.2) is 0 Å². The van der Waals surface area contributed by atoms with Gasteiger partial charge in [-0.15, -0.1) is 0 Å². The molecule has 0 heterocycles. The van der Waals surface area contributed by atoms with Crippen LogP contribution < -0.4 is 0 Å². The van der Waals surface area contributed by atoms with E-state index in [1.165, 1.54) is 0 Å². The van der Waals surface area contributed by atoms with Crippen molar-refractivity contribution in [2.24, 2.45) is 0 Å². The topological polar surface area (TPSA) is 9.23 Å². The second-order valence-electron chi connectivity index (χ2n) is 1.75. The molecular formula is C7H16O. The maximum Gasteiger partial charge on any atom is 0.0465 e. The third kappa shape index (κ3) is 5.96. The largest absolute Gasteiger partial charge is 0.382 e. The zero-order valence-electron chi connectivity index (χ0n) is 6.81. The Bertz CT molecular complexity index is 54.9. The van der Waals surface area contributed by atoms with E-state index in [-0.39, 0.29) is 6.40 Å². The Balaban J connectivity index is 2.75. The van der Waals surface area contributed by atoms with E-state index >= 15 is 0 Å². The monoisotopic (exact) mass is 117 g/mol. The predicted molar refractivity (Wildman–Crippen MR) is 36.0 cm³/mol. The Morgan fingerprint density at radius 3 is 2.62 bits per heavy atom. The molecule has 1 heteroatoms. The van der Waals surface area contributed by atoms with Crippen molar-refractivity contribution in [3.05, 3.63) is 0 Å². The van der Waals surface area contributed by atoms with Crippen molar-refractivity contribution >= 4 is 0 Å². The van der Waals surface area contributed by atoms with Gasteiger partial charge < -0.3 is 4.74 Å². The first-order chi connectivity index (χ1) is 4.27. The summed E-state index contributed by atoms with van der Waals surface area (Å²) in [6.45, 7) is 5.52. The molecule has 0 fully saturated rings. The van der Waals surface area contributed by atoms with Gasteiger partial charge in [-0.2, -0.15) is 0 Å². The van der Waals surface area contributed by atoms with Crippen LogP contribution >= 0.6 is 0 Å². The fraction of sp³-hybridized carbons (Fsp3) is 1.00. The molecular weight excluding hydrogens is 100 g/mol. The highest BCUT2D eigenvalue weighted by Crippen LogP contribution is 1.92. The maximum atomic E-state index is 7.16. The molecule has 0 amide bonds. The molecule has 8 heavy (non-hydrogen) atoms. The summed E-state index contributed by atoms with van der Waals surface area (Å²) in [5.41, 5.74) is 0. The van der Waals surface area contributed by atoms with Crippen molar-refractivity contribution in [1.29, 1.82) is 0 Å². The standard InChI is InChI=1S/C7H16O/c1-3-5-6-7-8-4-2/h3-7H2,1-2H3/i3D. The molecule has 0 aliphatic carbocycles. The highest BCUT2D eigenvalue weighted by atomic mass is 16.5. The van der Waals surface area contributed by atoms with Gasteiger partial charge in [0.2, 0.25) is 0 Å². The normalized spacial score (nSPS) is 15.5. The SMILES string of the molecule is [2H]C(C)CCCOCC. The van der Waals surface area contributed by atoms with Crippen LogP contribution in [0.1, 0.15) is 34.5 Å². The van der Waals surface area contributed by atoms with Gasteiger partial charge in [-0.3, -0.25) is 0 Å². The van der Waals surface area contributed by atoms with E-state index in [0.717, 1.165) is 26.1 Å². The summed E-state index contributed by atoms with van der Waals surface area (Å²) in [4.78, 5) is 0. The molecule has 1 nitrogen and oxygen atoms in total. The van der Waals surface area contributed by atoms with Crippen molar-refractivity contribution < 1.29 is 6.11 Å². The van der Waals surface area contributed by atoms with E-state index in [1.807, 2.05) is 13.8 Å². The van der Waals surface area contributed by atoms with E-state index in [9.17, 15) is 0 Å². The summed E-state index contributed by atoms with van der Waals surface area (Å²) in [7, 11) is 0. The summed E-state index contributed by atoms with van der Waals surface area (Å²) in [5.74, 6) is 0. The van der Waals surface area contributed by atoms with Crippen molar-refractivity contribution in [3.8, 4) is 0 Å². The zero-order chi connectivity index (χ0) is 7.11. The zero-order valence-corrected chi connectivity index (χ0v) is 5.81. The van der Waals surface area contributed by atoms with Gasteiger partial charge in [-0.05, 0) is 13.3 Å². The highest BCUT2D eigenvalue weighted by Gasteiger charge is 1.82. The van der Waals surface area contributed by atoms with Gasteiger partial charge in [0.1, 0.15) is 0 Å². The van der Waals surface area contributed by atoms with Crippen LogP contribution in [0.2, 0.25) is 0 Å². The molecule has 0 aliphatic rings. The van der Waals surface area contributed by atoms with Crippen LogP contribution in [0.25, 0.3) is 0 Å². The van der Waals surface area contributed by atoms with Gasteiger partial charge in [0.05, 0.1) is 0 Å². The van der Waals surface area contributed by atoms with E-state index in [0.29, 0.717) is 0 Å². The van der Waals surface area contributed by atoms with Crippen LogP contribution in [0, 0.1) is 0 Å². The Hall–Kier alpha value is -0.0400. The summed E-state index contributed by atoms with van der Waals surface area (Å²) in [6.07, 6.45) is 2.06. The molecule has 0 spiro atoms. The number of ether oxygens (including phenoxy) is 1. The van der Waals surface area contributed by atoms with E-state index in [1.54, 1.807) is 0 Å². The molecule has 0 rings (SSSR count). The maximum absolute atomic E-state index is 7.16. The average molecular weight is 117 g/mol. The fourth-order valence-electron chi connectivity index (χ4n) is 0.534. The lowest BCUT2D eigenvalue weighted by Crippen LogP contribution is -1.91. The predicted octanol–water partition coefficient (Wildman–Crippen LogP) is 2.21. The van der Waals surface area contributed by atoms with Gasteiger partial charge in [0, 0.05) is 14.6 Å². The Kier molecular flexibility index (Phi) is 5.29. The molecule has 50 valence electrons. The first kappa shape index (κ1) is 6.09. The summed E-state index contributed by atoms with van der Waals surface area (Å²) < 4.78 is 12.3. The minimum Gasteiger partial charge on any atom is -0.382 e. The Labute approximate surface area is 53.4 Å². The summed E-state index contributed by atoms with van der Waals surface area (Å²) >= 11 is 0. The van der Waals surface area contributed by atoms with Gasteiger partial charge in [-0.25, -0.2) is 0 Å². The minimum atomic E-state index is 0.0745. The van der Waals surface area contributed by atoms with Crippen molar-refractivity contribution in [1.82, 2.24) is 0 Å². The second-order valence-corrected chi connectivity index (χ2v) is 1.75. The first-order valence-electron chi connectivity index (χ1n) is 3.85. The van der Waals surface area contributed by atoms with E-state index < -0.39 is 0 Å². The lowest BCUT2D eigenvalue weighted by molar-refractivity contribution is 0.143. The van der Waals surface area contributed by atoms with Crippen molar-refractivity contribution in [2.45, 2.75) is 33.1 Å². The highest BCUT2D eigenvalue weighted by molar-refractivity contribution is 4.34. The summed E-state index contributed by atoms with van der Waals surface area (Å²) in [5, 5.41) is 0. The number of hydrogen-bond acceptors (Lipinski definition) is 1. The van der Waals surface area contributed by atoms with Crippen LogP contribution in [-0.2, 0) is 4.74 Å². The Morgan fingerprint density at radius 1 is 1.38 bits per heavy atom. The smallest absolute Gasteiger partial charge is 0.0465 e.